The zero-order valence-electron chi connectivity index (χ0n) is 9.66. The largest absolute Gasteiger partial charge is 0.368 e. The van der Waals surface area contributed by atoms with Gasteiger partial charge in [-0.2, -0.15) is 0 Å². The third-order valence-corrected chi connectivity index (χ3v) is 3.17. The first kappa shape index (κ1) is 12.1. The molecule has 1 aromatic heterocycles. The first-order valence-electron chi connectivity index (χ1n) is 5.73. The van der Waals surface area contributed by atoms with Gasteiger partial charge in [0.15, 0.2) is 0 Å². The third kappa shape index (κ3) is 2.85. The van der Waals surface area contributed by atoms with Crippen LogP contribution in [-0.4, -0.2) is 28.5 Å². The maximum Gasteiger partial charge on any atom is 0.220 e. The van der Waals surface area contributed by atoms with Crippen LogP contribution < -0.4 is 10.6 Å². The van der Waals surface area contributed by atoms with Crippen molar-refractivity contribution in [3.63, 3.8) is 0 Å². The molecule has 0 aromatic carbocycles. The van der Waals surface area contributed by atoms with Crippen molar-refractivity contribution < 1.29 is 4.79 Å². The summed E-state index contributed by atoms with van der Waals surface area (Å²) in [5.41, 5.74) is 0.915. The van der Waals surface area contributed by atoms with Gasteiger partial charge in [0.05, 0.1) is 0 Å². The predicted molar refractivity (Wildman–Crippen MR) is 66.1 cm³/mol. The Labute approximate surface area is 105 Å². The fourth-order valence-corrected chi connectivity index (χ4v) is 2.17. The fraction of sp³-hybridized carbons (Fsp3) is 0.545. The lowest BCUT2D eigenvalue weighted by molar-refractivity contribution is -0.119. The number of rotatable bonds is 4. The summed E-state index contributed by atoms with van der Waals surface area (Å²) in [6.07, 6.45) is 3.69. The second-order valence-corrected chi connectivity index (χ2v) is 4.39. The number of hydrogen-bond acceptors (Lipinski definition) is 4. The van der Waals surface area contributed by atoms with Crippen LogP contribution in [0.3, 0.4) is 0 Å². The van der Waals surface area contributed by atoms with Crippen molar-refractivity contribution in [2.45, 2.75) is 32.2 Å². The van der Waals surface area contributed by atoms with Gasteiger partial charge in [-0.15, -0.1) is 0 Å². The van der Waals surface area contributed by atoms with Crippen LogP contribution in [0.4, 0.5) is 5.82 Å². The molecule has 17 heavy (non-hydrogen) atoms. The third-order valence-electron chi connectivity index (χ3n) is 2.85. The Morgan fingerprint density at radius 1 is 1.59 bits per heavy atom. The van der Waals surface area contributed by atoms with Gasteiger partial charge in [0.2, 0.25) is 5.91 Å². The molecule has 1 aliphatic rings. The van der Waals surface area contributed by atoms with Crippen molar-refractivity contribution in [2.75, 3.05) is 11.9 Å². The quantitative estimate of drug-likeness (QED) is 0.797. The van der Waals surface area contributed by atoms with Gasteiger partial charge < -0.3 is 10.6 Å². The van der Waals surface area contributed by atoms with E-state index in [9.17, 15) is 4.79 Å². The van der Waals surface area contributed by atoms with Crippen molar-refractivity contribution in [3.05, 3.63) is 17.0 Å². The molecule has 2 rings (SSSR count). The number of aromatic nitrogens is 2. The summed E-state index contributed by atoms with van der Waals surface area (Å²) in [5.74, 6) is 0.877. The molecule has 2 heterocycles. The van der Waals surface area contributed by atoms with Gasteiger partial charge in [-0.3, -0.25) is 4.79 Å². The summed E-state index contributed by atoms with van der Waals surface area (Å²) in [6.45, 7) is 2.68. The minimum absolute atomic E-state index is 0.119. The molecular formula is C11H15ClN4O. The Balaban J connectivity index is 1.99. The molecule has 6 heteroatoms. The second kappa shape index (κ2) is 5.31. The van der Waals surface area contributed by atoms with E-state index in [0.717, 1.165) is 24.2 Å². The highest BCUT2D eigenvalue weighted by Crippen LogP contribution is 2.20. The number of anilines is 1. The van der Waals surface area contributed by atoms with Crippen LogP contribution in [0.2, 0.25) is 5.15 Å². The van der Waals surface area contributed by atoms with E-state index in [0.29, 0.717) is 18.1 Å². The molecular weight excluding hydrogens is 240 g/mol. The van der Waals surface area contributed by atoms with Gasteiger partial charge in [0.25, 0.3) is 0 Å². The monoisotopic (exact) mass is 254 g/mol. The summed E-state index contributed by atoms with van der Waals surface area (Å²) < 4.78 is 0. The number of nitrogens with one attached hydrogen (secondary N) is 2. The Bertz CT molecular complexity index is 424. The minimum Gasteiger partial charge on any atom is -0.368 e. The Morgan fingerprint density at radius 2 is 2.41 bits per heavy atom. The Hall–Kier alpha value is -1.36. The molecule has 1 atom stereocenters. The Kier molecular flexibility index (Phi) is 3.78. The molecule has 92 valence electrons. The predicted octanol–water partition coefficient (Wildman–Crippen LogP) is 1.38. The molecule has 1 amide bonds. The summed E-state index contributed by atoms with van der Waals surface area (Å²) in [6, 6.07) is 0.181. The maximum atomic E-state index is 11.1. The van der Waals surface area contributed by atoms with Gasteiger partial charge in [-0.05, 0) is 12.8 Å². The number of hydrogen-bond donors (Lipinski definition) is 2. The van der Waals surface area contributed by atoms with Crippen LogP contribution >= 0.6 is 11.6 Å². The highest BCUT2D eigenvalue weighted by Gasteiger charge is 2.20. The van der Waals surface area contributed by atoms with Crippen LogP contribution in [0.25, 0.3) is 0 Å². The van der Waals surface area contributed by atoms with Crippen molar-refractivity contribution >= 4 is 23.3 Å². The SMILES string of the molecule is CCc1c(Cl)ncnc1NCC1CCC(=O)N1. The summed E-state index contributed by atoms with van der Waals surface area (Å²) >= 11 is 5.99. The van der Waals surface area contributed by atoms with Crippen LogP contribution in [0.1, 0.15) is 25.3 Å². The molecule has 0 saturated carbocycles. The van der Waals surface area contributed by atoms with E-state index in [-0.39, 0.29) is 11.9 Å². The Morgan fingerprint density at radius 3 is 3.06 bits per heavy atom. The first-order chi connectivity index (χ1) is 8.20. The van der Waals surface area contributed by atoms with Crippen LogP contribution in [0.15, 0.2) is 6.33 Å². The molecule has 0 aliphatic carbocycles. The molecule has 5 nitrogen and oxygen atoms in total. The molecule has 0 radical (unpaired) electrons. The lowest BCUT2D eigenvalue weighted by atomic mass is 10.2. The number of halogens is 1. The molecule has 1 aromatic rings. The smallest absolute Gasteiger partial charge is 0.220 e. The van der Waals surface area contributed by atoms with E-state index in [2.05, 4.69) is 20.6 Å². The fourth-order valence-electron chi connectivity index (χ4n) is 1.91. The molecule has 1 saturated heterocycles. The van der Waals surface area contributed by atoms with Crippen molar-refractivity contribution in [3.8, 4) is 0 Å². The van der Waals surface area contributed by atoms with Crippen molar-refractivity contribution in [2.24, 2.45) is 0 Å². The van der Waals surface area contributed by atoms with E-state index in [1.165, 1.54) is 6.33 Å². The standard InChI is InChI=1S/C11H15ClN4O/c1-2-8-10(12)14-6-15-11(8)13-5-7-3-4-9(17)16-7/h6-7H,2-5H2,1H3,(H,16,17)(H,13,14,15). The summed E-state index contributed by atoms with van der Waals surface area (Å²) in [7, 11) is 0. The average molecular weight is 255 g/mol. The van der Waals surface area contributed by atoms with Gasteiger partial charge in [0.1, 0.15) is 17.3 Å². The summed E-state index contributed by atoms with van der Waals surface area (Å²) in [4.78, 5) is 19.2. The molecule has 0 bridgehead atoms. The van der Waals surface area contributed by atoms with Gasteiger partial charge in [-0.25, -0.2) is 9.97 Å². The molecule has 1 unspecified atom stereocenters. The van der Waals surface area contributed by atoms with Gasteiger partial charge >= 0.3 is 0 Å². The zero-order chi connectivity index (χ0) is 12.3. The minimum atomic E-state index is 0.119. The van der Waals surface area contributed by atoms with Gasteiger partial charge in [0, 0.05) is 24.6 Å². The normalized spacial score (nSPS) is 19.2. The maximum absolute atomic E-state index is 11.1. The van der Waals surface area contributed by atoms with Crippen LogP contribution in [0, 0.1) is 0 Å². The van der Waals surface area contributed by atoms with E-state index in [1.54, 1.807) is 0 Å². The van der Waals surface area contributed by atoms with Crippen LogP contribution in [0.5, 0.6) is 0 Å². The van der Waals surface area contributed by atoms with E-state index >= 15 is 0 Å². The van der Waals surface area contributed by atoms with Crippen molar-refractivity contribution in [1.29, 1.82) is 0 Å². The molecule has 1 fully saturated rings. The lowest BCUT2D eigenvalue weighted by Crippen LogP contribution is -2.32. The van der Waals surface area contributed by atoms with Crippen molar-refractivity contribution in [1.82, 2.24) is 15.3 Å². The average Bonchev–Trinajstić information content (AvgIpc) is 2.72. The highest BCUT2D eigenvalue weighted by atomic mass is 35.5. The number of nitrogens with zero attached hydrogens (tertiary/aromatic N) is 2. The van der Waals surface area contributed by atoms with E-state index in [4.69, 9.17) is 11.6 Å². The number of amides is 1. The topological polar surface area (TPSA) is 66.9 Å². The molecule has 1 aliphatic heterocycles. The van der Waals surface area contributed by atoms with Crippen LogP contribution in [-0.2, 0) is 11.2 Å². The first-order valence-corrected chi connectivity index (χ1v) is 6.11. The molecule has 2 N–H and O–H groups in total. The highest BCUT2D eigenvalue weighted by molar-refractivity contribution is 6.30. The number of carbonyl (C=O) groups excluding carboxylic acids is 1. The zero-order valence-corrected chi connectivity index (χ0v) is 10.4. The molecule has 0 spiro atoms. The van der Waals surface area contributed by atoms with E-state index in [1.807, 2.05) is 6.92 Å². The van der Waals surface area contributed by atoms with Gasteiger partial charge in [-0.1, -0.05) is 18.5 Å². The summed E-state index contributed by atoms with van der Waals surface area (Å²) in [5, 5.41) is 6.60. The second-order valence-electron chi connectivity index (χ2n) is 4.03. The van der Waals surface area contributed by atoms with E-state index < -0.39 is 0 Å². The number of carbonyl (C=O) groups is 1. The lowest BCUT2D eigenvalue weighted by Gasteiger charge is -2.14.